The van der Waals surface area contributed by atoms with Crippen molar-refractivity contribution < 1.29 is 4.79 Å². The van der Waals surface area contributed by atoms with Crippen LogP contribution in [0.4, 0.5) is 0 Å². The molecule has 6 nitrogen and oxygen atoms in total. The first-order valence-electron chi connectivity index (χ1n) is 5.69. The molecule has 0 aromatic carbocycles. The molecular formula is C11H13Cl2N5O. The van der Waals surface area contributed by atoms with E-state index < -0.39 is 0 Å². The number of amides is 1. The number of carbonyl (C=O) groups is 1. The summed E-state index contributed by atoms with van der Waals surface area (Å²) in [5.74, 6) is -0.248. The van der Waals surface area contributed by atoms with E-state index in [1.54, 1.807) is 17.9 Å². The number of nitrogens with one attached hydrogen (secondary N) is 1. The molecule has 19 heavy (non-hydrogen) atoms. The second-order valence-electron chi connectivity index (χ2n) is 4.01. The van der Waals surface area contributed by atoms with Crippen molar-refractivity contribution >= 4 is 29.1 Å². The molecule has 0 fully saturated rings. The predicted octanol–water partition coefficient (Wildman–Crippen LogP) is 2.21. The number of halogens is 2. The average molecular weight is 302 g/mol. The van der Waals surface area contributed by atoms with E-state index in [0.29, 0.717) is 23.1 Å². The van der Waals surface area contributed by atoms with Crippen LogP contribution in [0.3, 0.4) is 0 Å². The quantitative estimate of drug-likeness (QED) is 0.941. The monoisotopic (exact) mass is 301 g/mol. The van der Waals surface area contributed by atoms with Gasteiger partial charge in [0.15, 0.2) is 0 Å². The lowest BCUT2D eigenvalue weighted by Crippen LogP contribution is -2.28. The molecule has 0 aliphatic heterocycles. The minimum Gasteiger partial charge on any atom is -0.334 e. The van der Waals surface area contributed by atoms with Crippen LogP contribution in [0.1, 0.15) is 23.1 Å². The number of H-pyrrole nitrogens is 1. The predicted molar refractivity (Wildman–Crippen MR) is 72.3 cm³/mol. The molecule has 1 N–H and O–H groups in total. The summed E-state index contributed by atoms with van der Waals surface area (Å²) in [6, 6.07) is 0. The Morgan fingerprint density at radius 2 is 2.16 bits per heavy atom. The van der Waals surface area contributed by atoms with Gasteiger partial charge < -0.3 is 4.90 Å². The third kappa shape index (κ3) is 2.74. The summed E-state index contributed by atoms with van der Waals surface area (Å²) in [7, 11) is 1.67. The zero-order chi connectivity index (χ0) is 14.0. The molecule has 0 saturated carbocycles. The number of aryl methyl sites for hydroxylation is 1. The highest BCUT2D eigenvalue weighted by molar-refractivity contribution is 6.33. The maximum atomic E-state index is 12.2. The molecular weight excluding hydrogens is 289 g/mol. The molecule has 0 bridgehead atoms. The largest absolute Gasteiger partial charge is 0.334 e. The van der Waals surface area contributed by atoms with Crippen LogP contribution in [0.5, 0.6) is 0 Å². The highest BCUT2D eigenvalue weighted by Gasteiger charge is 2.19. The Hall–Kier alpha value is -1.53. The summed E-state index contributed by atoms with van der Waals surface area (Å²) in [6.07, 6.45) is 2.97. The molecule has 102 valence electrons. The van der Waals surface area contributed by atoms with Crippen LogP contribution < -0.4 is 0 Å². The van der Waals surface area contributed by atoms with Gasteiger partial charge in [-0.3, -0.25) is 14.6 Å². The number of rotatable bonds is 4. The average Bonchev–Trinajstić information content (AvgIpc) is 2.96. The summed E-state index contributed by atoms with van der Waals surface area (Å²) < 4.78 is 1.75. The molecule has 0 aliphatic rings. The Morgan fingerprint density at radius 1 is 1.42 bits per heavy atom. The summed E-state index contributed by atoms with van der Waals surface area (Å²) in [6.45, 7) is 3.00. The zero-order valence-electron chi connectivity index (χ0n) is 10.5. The molecule has 0 radical (unpaired) electrons. The van der Waals surface area contributed by atoms with E-state index in [2.05, 4.69) is 15.3 Å². The number of aromatic nitrogens is 4. The molecule has 0 atom stereocenters. The Kier molecular flexibility index (Phi) is 4.11. The lowest BCUT2D eigenvalue weighted by molar-refractivity contribution is 0.0776. The highest BCUT2D eigenvalue weighted by Crippen LogP contribution is 2.19. The van der Waals surface area contributed by atoms with Gasteiger partial charge in [0.2, 0.25) is 0 Å². The maximum absolute atomic E-state index is 12.2. The minimum absolute atomic E-state index is 0.248. The number of aromatic amines is 1. The fourth-order valence-electron chi connectivity index (χ4n) is 1.73. The minimum atomic E-state index is -0.248. The summed E-state index contributed by atoms with van der Waals surface area (Å²) in [5.41, 5.74) is 1.05. The van der Waals surface area contributed by atoms with Crippen LogP contribution in [-0.2, 0) is 13.1 Å². The SMILES string of the molecule is CCn1ncc(Cl)c1CN(C)C(=O)c1[nH]ncc1Cl. The molecule has 2 aromatic rings. The summed E-state index contributed by atoms with van der Waals surface area (Å²) in [4.78, 5) is 13.7. The van der Waals surface area contributed by atoms with Crippen molar-refractivity contribution in [3.05, 3.63) is 33.8 Å². The van der Waals surface area contributed by atoms with Crippen molar-refractivity contribution in [2.75, 3.05) is 7.05 Å². The molecule has 8 heteroatoms. The van der Waals surface area contributed by atoms with E-state index in [9.17, 15) is 4.79 Å². The molecule has 0 unspecified atom stereocenters. The topological polar surface area (TPSA) is 66.8 Å². The van der Waals surface area contributed by atoms with Crippen LogP contribution >= 0.6 is 23.2 Å². The standard InChI is InChI=1S/C11H13Cl2N5O/c1-3-18-9(7(12)5-15-18)6-17(2)11(19)10-8(13)4-14-16-10/h4-5H,3,6H2,1-2H3,(H,14,16). The Morgan fingerprint density at radius 3 is 2.74 bits per heavy atom. The summed E-state index contributed by atoms with van der Waals surface area (Å²) >= 11 is 11.9. The van der Waals surface area contributed by atoms with Crippen LogP contribution in [0.15, 0.2) is 12.4 Å². The van der Waals surface area contributed by atoms with Gasteiger partial charge in [0, 0.05) is 13.6 Å². The van der Waals surface area contributed by atoms with Gasteiger partial charge in [0.05, 0.1) is 34.7 Å². The highest BCUT2D eigenvalue weighted by atomic mass is 35.5. The van der Waals surface area contributed by atoms with Gasteiger partial charge in [-0.15, -0.1) is 0 Å². The molecule has 0 aliphatic carbocycles. The second kappa shape index (κ2) is 5.63. The maximum Gasteiger partial charge on any atom is 0.273 e. The van der Waals surface area contributed by atoms with Gasteiger partial charge in [0.1, 0.15) is 5.69 Å². The number of carbonyl (C=O) groups excluding carboxylic acids is 1. The molecule has 1 amide bonds. The lowest BCUT2D eigenvalue weighted by Gasteiger charge is -2.17. The van der Waals surface area contributed by atoms with Gasteiger partial charge in [-0.1, -0.05) is 23.2 Å². The van der Waals surface area contributed by atoms with E-state index in [4.69, 9.17) is 23.2 Å². The third-order valence-electron chi connectivity index (χ3n) is 2.74. The van der Waals surface area contributed by atoms with Crippen LogP contribution in [-0.4, -0.2) is 37.8 Å². The van der Waals surface area contributed by atoms with Gasteiger partial charge in [-0.25, -0.2) is 0 Å². The van der Waals surface area contributed by atoms with Gasteiger partial charge in [0.25, 0.3) is 5.91 Å². The number of nitrogens with zero attached hydrogens (tertiary/aromatic N) is 4. The number of hydrogen-bond donors (Lipinski definition) is 1. The molecule has 0 saturated heterocycles. The van der Waals surface area contributed by atoms with Gasteiger partial charge in [-0.05, 0) is 6.92 Å². The fourth-order valence-corrected chi connectivity index (χ4v) is 2.10. The van der Waals surface area contributed by atoms with Crippen molar-refractivity contribution in [3.63, 3.8) is 0 Å². The van der Waals surface area contributed by atoms with E-state index >= 15 is 0 Å². The first kappa shape index (κ1) is 13.9. The van der Waals surface area contributed by atoms with Gasteiger partial charge >= 0.3 is 0 Å². The van der Waals surface area contributed by atoms with Gasteiger partial charge in [-0.2, -0.15) is 10.2 Å². The van der Waals surface area contributed by atoms with E-state index in [-0.39, 0.29) is 11.6 Å². The second-order valence-corrected chi connectivity index (χ2v) is 4.82. The van der Waals surface area contributed by atoms with Crippen molar-refractivity contribution in [1.82, 2.24) is 24.9 Å². The van der Waals surface area contributed by atoms with Crippen LogP contribution in [0.25, 0.3) is 0 Å². The first-order valence-corrected chi connectivity index (χ1v) is 6.44. The van der Waals surface area contributed by atoms with Crippen LogP contribution in [0, 0.1) is 0 Å². The molecule has 0 spiro atoms. The van der Waals surface area contributed by atoms with E-state index in [1.165, 1.54) is 11.1 Å². The van der Waals surface area contributed by atoms with Crippen molar-refractivity contribution in [1.29, 1.82) is 0 Å². The number of hydrogen-bond acceptors (Lipinski definition) is 3. The fraction of sp³-hybridized carbons (Fsp3) is 0.364. The normalized spacial score (nSPS) is 10.7. The van der Waals surface area contributed by atoms with Crippen molar-refractivity contribution in [3.8, 4) is 0 Å². The lowest BCUT2D eigenvalue weighted by atomic mass is 10.3. The van der Waals surface area contributed by atoms with Crippen LogP contribution in [0.2, 0.25) is 10.0 Å². The Bertz CT molecular complexity index is 592. The van der Waals surface area contributed by atoms with E-state index in [1.807, 2.05) is 6.92 Å². The molecule has 2 heterocycles. The Labute approximate surface area is 120 Å². The van der Waals surface area contributed by atoms with Crippen molar-refractivity contribution in [2.45, 2.75) is 20.0 Å². The zero-order valence-corrected chi connectivity index (χ0v) is 12.0. The molecule has 2 aromatic heterocycles. The van der Waals surface area contributed by atoms with E-state index in [0.717, 1.165) is 5.69 Å². The van der Waals surface area contributed by atoms with Crippen molar-refractivity contribution in [2.24, 2.45) is 0 Å². The first-order chi connectivity index (χ1) is 9.04. The third-order valence-corrected chi connectivity index (χ3v) is 3.34. The smallest absolute Gasteiger partial charge is 0.273 e. The molecule has 2 rings (SSSR count). The summed E-state index contributed by atoms with van der Waals surface area (Å²) in [5, 5.41) is 11.3. The Balaban J connectivity index is 2.17.